The summed E-state index contributed by atoms with van der Waals surface area (Å²) in [6.07, 6.45) is 6.76. The number of anilines is 1. The minimum absolute atomic E-state index is 0.773. The molecular weight excluding hydrogens is 314 g/mol. The summed E-state index contributed by atoms with van der Waals surface area (Å²) in [4.78, 5) is 0. The predicted octanol–water partition coefficient (Wildman–Crippen LogP) is 4.49. The summed E-state index contributed by atoms with van der Waals surface area (Å²) in [5.74, 6) is 2.29. The SMILES string of the molecule is CSCCc1nn(-c2ccc(Cl)cc2C)c2c1CCCCN2. The Morgan fingerprint density at radius 3 is 3.00 bits per heavy atom. The second kappa shape index (κ2) is 6.97. The quantitative estimate of drug-likeness (QED) is 0.892. The average Bonchev–Trinajstić information content (AvgIpc) is 2.68. The fourth-order valence-corrected chi connectivity index (χ4v) is 3.63. The summed E-state index contributed by atoms with van der Waals surface area (Å²) in [6.45, 7) is 3.11. The van der Waals surface area contributed by atoms with Crippen molar-refractivity contribution in [2.45, 2.75) is 32.6 Å². The van der Waals surface area contributed by atoms with E-state index in [2.05, 4.69) is 29.2 Å². The molecule has 0 fully saturated rings. The van der Waals surface area contributed by atoms with Gasteiger partial charge in [-0.25, -0.2) is 4.68 Å². The molecule has 5 heteroatoms. The number of nitrogens with one attached hydrogen (secondary N) is 1. The molecule has 1 aliphatic rings. The Balaban J connectivity index is 2.08. The van der Waals surface area contributed by atoms with E-state index in [1.54, 1.807) is 0 Å². The van der Waals surface area contributed by atoms with Crippen LogP contribution in [0.4, 0.5) is 5.82 Å². The number of fused-ring (bicyclic) bond motifs is 1. The maximum absolute atomic E-state index is 6.10. The molecule has 0 aliphatic carbocycles. The number of hydrogen-bond donors (Lipinski definition) is 1. The van der Waals surface area contributed by atoms with Gasteiger partial charge in [0.2, 0.25) is 0 Å². The monoisotopic (exact) mass is 335 g/mol. The lowest BCUT2D eigenvalue weighted by molar-refractivity contribution is 0.765. The van der Waals surface area contributed by atoms with E-state index < -0.39 is 0 Å². The Hall–Kier alpha value is -1.13. The summed E-state index contributed by atoms with van der Waals surface area (Å²) in [7, 11) is 0. The van der Waals surface area contributed by atoms with Crippen LogP contribution < -0.4 is 5.32 Å². The number of rotatable bonds is 4. The lowest BCUT2D eigenvalue weighted by Gasteiger charge is -2.11. The van der Waals surface area contributed by atoms with Gasteiger partial charge in [-0.05, 0) is 62.0 Å². The zero-order chi connectivity index (χ0) is 15.5. The molecule has 0 saturated carbocycles. The van der Waals surface area contributed by atoms with E-state index in [1.807, 2.05) is 23.9 Å². The summed E-state index contributed by atoms with van der Waals surface area (Å²) in [5, 5.41) is 9.29. The molecule has 0 radical (unpaired) electrons. The lowest BCUT2D eigenvalue weighted by Crippen LogP contribution is -2.08. The van der Waals surface area contributed by atoms with Crippen LogP contribution in [0.25, 0.3) is 5.69 Å². The van der Waals surface area contributed by atoms with Crippen LogP contribution in [-0.4, -0.2) is 28.3 Å². The number of nitrogens with zero attached hydrogens (tertiary/aromatic N) is 2. The summed E-state index contributed by atoms with van der Waals surface area (Å²) in [5.41, 5.74) is 4.92. The van der Waals surface area contributed by atoms with Crippen molar-refractivity contribution in [1.82, 2.24) is 9.78 Å². The molecule has 1 aromatic carbocycles. The highest BCUT2D eigenvalue weighted by Crippen LogP contribution is 2.30. The smallest absolute Gasteiger partial charge is 0.133 e. The molecule has 0 bridgehead atoms. The van der Waals surface area contributed by atoms with E-state index in [9.17, 15) is 0 Å². The molecule has 2 heterocycles. The van der Waals surface area contributed by atoms with Gasteiger partial charge in [0, 0.05) is 23.6 Å². The number of aromatic nitrogens is 2. The molecular formula is C17H22ClN3S. The first-order valence-corrected chi connectivity index (χ1v) is 9.58. The minimum Gasteiger partial charge on any atom is -0.370 e. The highest BCUT2D eigenvalue weighted by Gasteiger charge is 2.20. The van der Waals surface area contributed by atoms with Crippen molar-refractivity contribution in [1.29, 1.82) is 0 Å². The first-order chi connectivity index (χ1) is 10.7. The third-order valence-electron chi connectivity index (χ3n) is 4.14. The summed E-state index contributed by atoms with van der Waals surface area (Å²) >= 11 is 7.97. The largest absolute Gasteiger partial charge is 0.370 e. The Morgan fingerprint density at radius 2 is 2.23 bits per heavy atom. The number of benzene rings is 1. The van der Waals surface area contributed by atoms with Crippen molar-refractivity contribution < 1.29 is 0 Å². The van der Waals surface area contributed by atoms with E-state index >= 15 is 0 Å². The van der Waals surface area contributed by atoms with Crippen molar-refractivity contribution in [3.8, 4) is 5.69 Å². The van der Waals surface area contributed by atoms with E-state index in [4.69, 9.17) is 16.7 Å². The Bertz CT molecular complexity index is 666. The van der Waals surface area contributed by atoms with Gasteiger partial charge in [-0.3, -0.25) is 0 Å². The third-order valence-corrected chi connectivity index (χ3v) is 4.99. The van der Waals surface area contributed by atoms with Gasteiger partial charge in [0.05, 0.1) is 11.4 Å². The van der Waals surface area contributed by atoms with Gasteiger partial charge in [-0.1, -0.05) is 11.6 Å². The highest BCUT2D eigenvalue weighted by atomic mass is 35.5. The summed E-state index contributed by atoms with van der Waals surface area (Å²) < 4.78 is 2.09. The standard InChI is InChI=1S/C17H22ClN3S/c1-12-11-13(18)6-7-16(12)21-17-14(5-3-4-9-19-17)15(20-21)8-10-22-2/h6-7,11,19H,3-5,8-10H2,1-2H3. The van der Waals surface area contributed by atoms with Gasteiger partial charge in [0.1, 0.15) is 5.82 Å². The molecule has 22 heavy (non-hydrogen) atoms. The van der Waals surface area contributed by atoms with Gasteiger partial charge in [0.15, 0.2) is 0 Å². The third kappa shape index (κ3) is 3.13. The maximum atomic E-state index is 6.10. The molecule has 2 aromatic rings. The Kier molecular flexibility index (Phi) is 4.99. The van der Waals surface area contributed by atoms with Crippen molar-refractivity contribution in [2.75, 3.05) is 23.9 Å². The molecule has 0 unspecified atom stereocenters. The molecule has 1 N–H and O–H groups in total. The second-order valence-electron chi connectivity index (χ2n) is 5.74. The highest BCUT2D eigenvalue weighted by molar-refractivity contribution is 7.98. The second-order valence-corrected chi connectivity index (χ2v) is 7.17. The number of hydrogen-bond acceptors (Lipinski definition) is 3. The van der Waals surface area contributed by atoms with Crippen LogP contribution in [0.1, 0.15) is 29.7 Å². The van der Waals surface area contributed by atoms with E-state index in [-0.39, 0.29) is 0 Å². The zero-order valence-corrected chi connectivity index (χ0v) is 14.7. The van der Waals surface area contributed by atoms with E-state index in [0.29, 0.717) is 0 Å². The topological polar surface area (TPSA) is 29.9 Å². The molecule has 0 saturated heterocycles. The fraction of sp³-hybridized carbons (Fsp3) is 0.471. The number of halogens is 1. The first-order valence-electron chi connectivity index (χ1n) is 7.81. The van der Waals surface area contributed by atoms with E-state index in [1.165, 1.54) is 29.9 Å². The van der Waals surface area contributed by atoms with E-state index in [0.717, 1.165) is 41.4 Å². The van der Waals surface area contributed by atoms with Gasteiger partial charge >= 0.3 is 0 Å². The van der Waals surface area contributed by atoms with Crippen molar-refractivity contribution in [2.24, 2.45) is 0 Å². The molecule has 0 spiro atoms. The molecule has 0 amide bonds. The van der Waals surface area contributed by atoms with Crippen molar-refractivity contribution in [3.63, 3.8) is 0 Å². The molecule has 3 rings (SSSR count). The van der Waals surface area contributed by atoms with Crippen LogP contribution in [0.3, 0.4) is 0 Å². The van der Waals surface area contributed by atoms with Crippen LogP contribution in [-0.2, 0) is 12.8 Å². The van der Waals surface area contributed by atoms with Crippen LogP contribution in [0, 0.1) is 6.92 Å². The molecule has 1 aliphatic heterocycles. The lowest BCUT2D eigenvalue weighted by atomic mass is 10.1. The van der Waals surface area contributed by atoms with Crippen LogP contribution in [0.2, 0.25) is 5.02 Å². The fourth-order valence-electron chi connectivity index (χ4n) is 3.00. The van der Waals surface area contributed by atoms with Gasteiger partial charge < -0.3 is 5.32 Å². The molecule has 0 atom stereocenters. The zero-order valence-electron chi connectivity index (χ0n) is 13.2. The Labute approximate surface area is 141 Å². The number of thioether (sulfide) groups is 1. The average molecular weight is 336 g/mol. The molecule has 3 nitrogen and oxygen atoms in total. The van der Waals surface area contributed by atoms with Gasteiger partial charge in [0.25, 0.3) is 0 Å². The predicted molar refractivity (Wildman–Crippen MR) is 96.8 cm³/mol. The minimum atomic E-state index is 0.773. The van der Waals surface area contributed by atoms with Crippen molar-refractivity contribution >= 4 is 29.2 Å². The Morgan fingerprint density at radius 1 is 1.36 bits per heavy atom. The van der Waals surface area contributed by atoms with Crippen LogP contribution in [0.5, 0.6) is 0 Å². The first kappa shape index (κ1) is 15.8. The van der Waals surface area contributed by atoms with Gasteiger partial charge in [-0.15, -0.1) is 0 Å². The summed E-state index contributed by atoms with van der Waals surface area (Å²) in [6, 6.07) is 6.01. The maximum Gasteiger partial charge on any atom is 0.133 e. The normalized spacial score (nSPS) is 14.3. The number of aryl methyl sites for hydroxylation is 2. The molecule has 118 valence electrons. The van der Waals surface area contributed by atoms with Crippen LogP contribution >= 0.6 is 23.4 Å². The van der Waals surface area contributed by atoms with Crippen LogP contribution in [0.15, 0.2) is 18.2 Å². The van der Waals surface area contributed by atoms with Gasteiger partial charge in [-0.2, -0.15) is 16.9 Å². The molecule has 1 aromatic heterocycles. The van der Waals surface area contributed by atoms with Crippen molar-refractivity contribution in [3.05, 3.63) is 40.0 Å².